The third kappa shape index (κ3) is 6.01. The van der Waals surface area contributed by atoms with E-state index in [4.69, 9.17) is 38.8 Å². The van der Waals surface area contributed by atoms with Gasteiger partial charge in [-0.3, -0.25) is 9.48 Å². The Balaban J connectivity index is 1.19. The minimum absolute atomic E-state index is 0.0443. The van der Waals surface area contributed by atoms with Crippen molar-refractivity contribution < 1.29 is 9.53 Å². The second kappa shape index (κ2) is 12.2. The van der Waals surface area contributed by atoms with E-state index in [1.807, 2.05) is 36.4 Å². The lowest BCUT2D eigenvalue weighted by Gasteiger charge is -2.34. The van der Waals surface area contributed by atoms with Gasteiger partial charge in [0.05, 0.1) is 11.6 Å². The van der Waals surface area contributed by atoms with Crippen LogP contribution < -0.4 is 15.4 Å². The first kappa shape index (κ1) is 28.8. The van der Waals surface area contributed by atoms with Crippen LogP contribution >= 0.6 is 23.2 Å². The van der Waals surface area contributed by atoms with Crippen LogP contribution in [0.4, 0.5) is 5.69 Å². The molecule has 1 aliphatic carbocycles. The summed E-state index contributed by atoms with van der Waals surface area (Å²) in [7, 11) is 0. The van der Waals surface area contributed by atoms with E-state index in [-0.39, 0.29) is 12.5 Å². The highest BCUT2D eigenvalue weighted by atomic mass is 35.5. The lowest BCUT2D eigenvalue weighted by atomic mass is 9.84. The Kier molecular flexibility index (Phi) is 7.96. The van der Waals surface area contributed by atoms with Gasteiger partial charge >= 0.3 is 0 Å². The van der Waals surface area contributed by atoms with Crippen molar-refractivity contribution in [3.8, 4) is 5.75 Å². The van der Waals surface area contributed by atoms with Gasteiger partial charge in [0, 0.05) is 51.7 Å². The summed E-state index contributed by atoms with van der Waals surface area (Å²) in [6.45, 7) is 1.80. The molecule has 0 unspecified atom stereocenters. The molecule has 2 heterocycles. The van der Waals surface area contributed by atoms with Crippen molar-refractivity contribution in [2.45, 2.75) is 43.6 Å². The van der Waals surface area contributed by atoms with Gasteiger partial charge in [0.1, 0.15) is 5.75 Å². The highest BCUT2D eigenvalue weighted by Crippen LogP contribution is 2.44. The van der Waals surface area contributed by atoms with Gasteiger partial charge in [-0.25, -0.2) is 0 Å². The number of halogens is 2. The average Bonchev–Trinajstić information content (AvgIpc) is 3.82. The van der Waals surface area contributed by atoms with Crippen molar-refractivity contribution in [3.63, 3.8) is 0 Å². The summed E-state index contributed by atoms with van der Waals surface area (Å²) in [6, 6.07) is 31.5. The number of ether oxygens (including phenoxy) is 1. The monoisotopic (exact) mass is 624 g/mol. The molecule has 5 aromatic rings. The normalized spacial score (nSPS) is 15.7. The second-order valence-corrected chi connectivity index (χ2v) is 12.8. The van der Waals surface area contributed by atoms with E-state index < -0.39 is 5.91 Å². The zero-order valence-corrected chi connectivity index (χ0v) is 25.8. The molecule has 0 atom stereocenters. The van der Waals surface area contributed by atoms with E-state index in [2.05, 4.69) is 64.2 Å². The number of carbonyl (C=O) groups is 1. The number of benzene rings is 4. The third-order valence-corrected chi connectivity index (χ3v) is 9.36. The number of anilines is 1. The van der Waals surface area contributed by atoms with Crippen LogP contribution in [0.15, 0.2) is 91.0 Å². The van der Waals surface area contributed by atoms with Crippen LogP contribution in [0.5, 0.6) is 5.75 Å². The van der Waals surface area contributed by atoms with Gasteiger partial charge in [0.2, 0.25) is 0 Å². The first-order chi connectivity index (χ1) is 21.4. The molecule has 2 N–H and O–H groups in total. The lowest BCUT2D eigenvalue weighted by Crippen LogP contribution is -2.33. The topological polar surface area (TPSA) is 73.4 Å². The minimum Gasteiger partial charge on any atom is -0.484 e. The predicted octanol–water partition coefficient (Wildman–Crippen LogP) is 8.11. The molecule has 1 aromatic heterocycles. The molecule has 0 radical (unpaired) electrons. The Bertz CT molecular complexity index is 1730. The summed E-state index contributed by atoms with van der Waals surface area (Å²) >= 11 is 12.6. The fourth-order valence-corrected chi connectivity index (χ4v) is 6.78. The van der Waals surface area contributed by atoms with Crippen molar-refractivity contribution in [3.05, 3.63) is 123 Å². The van der Waals surface area contributed by atoms with Crippen LogP contribution in [0.1, 0.15) is 65.9 Å². The molecule has 1 aliphatic heterocycles. The van der Waals surface area contributed by atoms with Crippen molar-refractivity contribution in [1.82, 2.24) is 9.78 Å². The molecule has 1 amide bonds. The quantitative estimate of drug-likeness (QED) is 0.168. The van der Waals surface area contributed by atoms with Crippen molar-refractivity contribution in [1.29, 1.82) is 0 Å². The molecule has 1 saturated carbocycles. The maximum absolute atomic E-state index is 11.0. The van der Waals surface area contributed by atoms with Gasteiger partial charge in [0.25, 0.3) is 5.91 Å². The van der Waals surface area contributed by atoms with Crippen LogP contribution in [-0.4, -0.2) is 35.4 Å². The molecule has 8 heteroatoms. The zero-order valence-electron chi connectivity index (χ0n) is 24.3. The highest BCUT2D eigenvalue weighted by Gasteiger charge is 2.33. The standard InChI is InChI=1S/C36H34Cl2N4O2/c37-27-6-1-23(2-7-27)35(24-3-8-28(38)9-4-24)26-5-16-33-32(21-26)36(42(40-33)30-10-11-30)25-17-19-41(20-18-25)29-12-14-31(15-13-29)44-22-34(39)43/h1-9,12-16,21,25,30,35H,10-11,17-20,22H2,(H2,39,43). The minimum atomic E-state index is -0.480. The fourth-order valence-electron chi connectivity index (χ4n) is 6.53. The molecule has 4 aromatic carbocycles. The van der Waals surface area contributed by atoms with Crippen molar-refractivity contribution >= 4 is 45.7 Å². The molecular weight excluding hydrogens is 591 g/mol. The molecule has 224 valence electrons. The molecule has 0 spiro atoms. The largest absolute Gasteiger partial charge is 0.484 e. The number of amides is 1. The smallest absolute Gasteiger partial charge is 0.255 e. The maximum atomic E-state index is 11.0. The molecule has 44 heavy (non-hydrogen) atoms. The van der Waals surface area contributed by atoms with Crippen LogP contribution in [0.3, 0.4) is 0 Å². The average molecular weight is 626 g/mol. The van der Waals surface area contributed by atoms with Gasteiger partial charge in [-0.2, -0.15) is 5.10 Å². The summed E-state index contributed by atoms with van der Waals surface area (Å²) < 4.78 is 7.78. The van der Waals surface area contributed by atoms with Crippen LogP contribution in [-0.2, 0) is 4.79 Å². The highest BCUT2D eigenvalue weighted by molar-refractivity contribution is 6.30. The summed E-state index contributed by atoms with van der Waals surface area (Å²) in [4.78, 5) is 13.5. The number of fused-ring (bicyclic) bond motifs is 1. The maximum Gasteiger partial charge on any atom is 0.255 e. The van der Waals surface area contributed by atoms with Crippen LogP contribution in [0.25, 0.3) is 10.9 Å². The summed E-state index contributed by atoms with van der Waals surface area (Å²) in [5, 5.41) is 7.87. The summed E-state index contributed by atoms with van der Waals surface area (Å²) in [6.07, 6.45) is 4.48. The number of nitrogens with zero attached hydrogens (tertiary/aromatic N) is 3. The molecule has 1 saturated heterocycles. The lowest BCUT2D eigenvalue weighted by molar-refractivity contribution is -0.119. The third-order valence-electron chi connectivity index (χ3n) is 8.86. The second-order valence-electron chi connectivity index (χ2n) is 11.9. The van der Waals surface area contributed by atoms with E-state index in [1.54, 1.807) is 0 Å². The zero-order chi connectivity index (χ0) is 30.2. The molecule has 0 bridgehead atoms. The number of hydrogen-bond donors (Lipinski definition) is 1. The van der Waals surface area contributed by atoms with E-state index in [0.717, 1.165) is 47.2 Å². The van der Waals surface area contributed by atoms with E-state index in [0.29, 0.717) is 17.7 Å². The van der Waals surface area contributed by atoms with Crippen molar-refractivity contribution in [2.24, 2.45) is 5.73 Å². The van der Waals surface area contributed by atoms with E-state index in [9.17, 15) is 4.79 Å². The Morgan fingerprint density at radius 2 is 1.41 bits per heavy atom. The number of aromatic nitrogens is 2. The van der Waals surface area contributed by atoms with Gasteiger partial charge in [-0.15, -0.1) is 0 Å². The Labute approximate surface area is 267 Å². The summed E-state index contributed by atoms with van der Waals surface area (Å²) in [5.74, 6) is 0.637. The fraction of sp³-hybridized carbons (Fsp3) is 0.278. The Morgan fingerprint density at radius 1 is 0.818 bits per heavy atom. The van der Waals surface area contributed by atoms with Gasteiger partial charge in [-0.1, -0.05) is 53.5 Å². The predicted molar refractivity (Wildman–Crippen MR) is 177 cm³/mol. The van der Waals surface area contributed by atoms with Crippen LogP contribution in [0, 0.1) is 0 Å². The first-order valence-electron chi connectivity index (χ1n) is 15.2. The molecule has 2 aliphatic rings. The van der Waals surface area contributed by atoms with Crippen molar-refractivity contribution in [2.75, 3.05) is 24.6 Å². The number of rotatable bonds is 9. The number of hydrogen-bond acceptors (Lipinski definition) is 4. The van der Waals surface area contributed by atoms with Gasteiger partial charge in [-0.05, 0) is 103 Å². The number of primary amides is 1. The SMILES string of the molecule is NC(=O)COc1ccc(N2CCC(c3c4cc(C(c5ccc(Cl)cc5)c5ccc(Cl)cc5)ccc4nn3C3CC3)CC2)cc1. The molecular formula is C36H34Cl2N4O2. The number of piperidine rings is 1. The Morgan fingerprint density at radius 3 is 1.98 bits per heavy atom. The van der Waals surface area contributed by atoms with E-state index >= 15 is 0 Å². The van der Waals surface area contributed by atoms with Gasteiger partial charge < -0.3 is 15.4 Å². The molecule has 6 nitrogen and oxygen atoms in total. The summed E-state index contributed by atoms with van der Waals surface area (Å²) in [5.41, 5.74) is 12.4. The van der Waals surface area contributed by atoms with Crippen LogP contribution in [0.2, 0.25) is 10.0 Å². The number of nitrogens with two attached hydrogens (primary N) is 1. The molecule has 2 fully saturated rings. The Hall–Kier alpha value is -4.00. The number of carbonyl (C=O) groups excluding carboxylic acids is 1. The van der Waals surface area contributed by atoms with Gasteiger partial charge in [0.15, 0.2) is 6.61 Å². The van der Waals surface area contributed by atoms with E-state index in [1.165, 1.54) is 40.6 Å². The first-order valence-corrected chi connectivity index (χ1v) is 16.0. The molecule has 7 rings (SSSR count).